The van der Waals surface area contributed by atoms with Gasteiger partial charge in [-0.3, -0.25) is 0 Å². The lowest BCUT2D eigenvalue weighted by atomic mass is 10.1. The molecule has 1 aliphatic rings. The fourth-order valence-electron chi connectivity index (χ4n) is 2.41. The molecular weight excluding hydrogens is 200 g/mol. The Morgan fingerprint density at radius 2 is 1.81 bits per heavy atom. The highest BCUT2D eigenvalue weighted by molar-refractivity contribution is 4.73. The van der Waals surface area contributed by atoms with E-state index in [4.69, 9.17) is 4.74 Å². The molecule has 16 heavy (non-hydrogen) atoms. The largest absolute Gasteiger partial charge is 0.380 e. The Hall–Kier alpha value is -0.120. The monoisotopic (exact) mass is 228 g/mol. The zero-order chi connectivity index (χ0) is 11.8. The summed E-state index contributed by atoms with van der Waals surface area (Å²) >= 11 is 0. The van der Waals surface area contributed by atoms with Crippen molar-refractivity contribution in [1.29, 1.82) is 0 Å². The van der Waals surface area contributed by atoms with Gasteiger partial charge in [-0.1, -0.05) is 6.42 Å². The molecule has 1 fully saturated rings. The van der Waals surface area contributed by atoms with Crippen LogP contribution >= 0.6 is 0 Å². The van der Waals surface area contributed by atoms with Gasteiger partial charge >= 0.3 is 0 Å². The molecule has 0 radical (unpaired) electrons. The molecule has 0 aliphatic carbocycles. The summed E-state index contributed by atoms with van der Waals surface area (Å²) in [6, 6.07) is 1.02. The van der Waals surface area contributed by atoms with Crippen LogP contribution in [0.1, 0.15) is 40.0 Å². The highest BCUT2D eigenvalue weighted by Gasteiger charge is 2.14. The van der Waals surface area contributed by atoms with Gasteiger partial charge in [-0.2, -0.15) is 0 Å². The number of likely N-dealkylation sites (tertiary alicyclic amines) is 1. The van der Waals surface area contributed by atoms with E-state index < -0.39 is 0 Å². The van der Waals surface area contributed by atoms with Crippen LogP contribution < -0.4 is 5.32 Å². The predicted molar refractivity (Wildman–Crippen MR) is 68.8 cm³/mol. The first-order valence-electron chi connectivity index (χ1n) is 6.78. The van der Waals surface area contributed by atoms with Gasteiger partial charge in [-0.15, -0.1) is 0 Å². The minimum atomic E-state index is 0.458. The highest BCUT2D eigenvalue weighted by Crippen LogP contribution is 2.08. The van der Waals surface area contributed by atoms with Crippen LogP contribution in [0.3, 0.4) is 0 Å². The summed E-state index contributed by atoms with van der Waals surface area (Å²) in [7, 11) is 0. The summed E-state index contributed by atoms with van der Waals surface area (Å²) in [4.78, 5) is 2.58. The Balaban J connectivity index is 2.11. The van der Waals surface area contributed by atoms with Gasteiger partial charge in [0.15, 0.2) is 0 Å². The number of nitrogens with one attached hydrogen (secondary N) is 1. The van der Waals surface area contributed by atoms with E-state index in [1.54, 1.807) is 0 Å². The van der Waals surface area contributed by atoms with Crippen molar-refractivity contribution in [2.24, 2.45) is 0 Å². The molecule has 2 atom stereocenters. The lowest BCUT2D eigenvalue weighted by Gasteiger charge is -2.30. The fourth-order valence-corrected chi connectivity index (χ4v) is 2.41. The molecule has 0 spiro atoms. The number of piperidine rings is 1. The predicted octanol–water partition coefficient (Wildman–Crippen LogP) is 1.88. The van der Waals surface area contributed by atoms with Crippen molar-refractivity contribution in [2.45, 2.75) is 52.1 Å². The summed E-state index contributed by atoms with van der Waals surface area (Å²) in [6.07, 6.45) is 4.17. The van der Waals surface area contributed by atoms with E-state index in [2.05, 4.69) is 24.1 Å². The molecule has 2 unspecified atom stereocenters. The van der Waals surface area contributed by atoms with Gasteiger partial charge in [-0.25, -0.2) is 0 Å². The number of rotatable bonds is 7. The van der Waals surface area contributed by atoms with Crippen molar-refractivity contribution in [1.82, 2.24) is 10.2 Å². The number of hydrogen-bond donors (Lipinski definition) is 1. The van der Waals surface area contributed by atoms with Gasteiger partial charge in [-0.05, 0) is 46.7 Å². The molecule has 1 heterocycles. The minimum absolute atomic E-state index is 0.458. The standard InChI is InChI=1S/C13H28N2O/c1-4-16-11-13(3)14-12(2)10-15-8-6-5-7-9-15/h12-14H,4-11H2,1-3H3. The van der Waals surface area contributed by atoms with Gasteiger partial charge in [0.1, 0.15) is 0 Å². The van der Waals surface area contributed by atoms with Gasteiger partial charge < -0.3 is 15.0 Å². The van der Waals surface area contributed by atoms with Crippen molar-refractivity contribution < 1.29 is 4.74 Å². The molecule has 3 heteroatoms. The second-order valence-electron chi connectivity index (χ2n) is 4.99. The maximum Gasteiger partial charge on any atom is 0.0616 e. The second-order valence-corrected chi connectivity index (χ2v) is 4.99. The molecule has 0 aromatic carbocycles. The fraction of sp³-hybridized carbons (Fsp3) is 1.00. The normalized spacial score (nSPS) is 21.9. The van der Waals surface area contributed by atoms with E-state index >= 15 is 0 Å². The third-order valence-corrected chi connectivity index (χ3v) is 3.12. The Bertz CT molecular complexity index is 169. The van der Waals surface area contributed by atoms with E-state index in [9.17, 15) is 0 Å². The Morgan fingerprint density at radius 1 is 1.12 bits per heavy atom. The smallest absolute Gasteiger partial charge is 0.0616 e. The Morgan fingerprint density at radius 3 is 2.44 bits per heavy atom. The Kier molecular flexibility index (Phi) is 7.01. The topological polar surface area (TPSA) is 24.5 Å². The van der Waals surface area contributed by atoms with Crippen molar-refractivity contribution in [3.05, 3.63) is 0 Å². The quantitative estimate of drug-likeness (QED) is 0.720. The summed E-state index contributed by atoms with van der Waals surface area (Å²) in [5.74, 6) is 0. The van der Waals surface area contributed by atoms with E-state index in [1.165, 1.54) is 38.9 Å². The molecular formula is C13H28N2O. The number of hydrogen-bond acceptors (Lipinski definition) is 3. The summed E-state index contributed by atoms with van der Waals surface area (Å²) in [5, 5.41) is 3.60. The molecule has 1 N–H and O–H groups in total. The van der Waals surface area contributed by atoms with Crippen molar-refractivity contribution >= 4 is 0 Å². The average Bonchev–Trinajstić information content (AvgIpc) is 2.27. The van der Waals surface area contributed by atoms with E-state index in [0.29, 0.717) is 12.1 Å². The minimum Gasteiger partial charge on any atom is -0.380 e. The van der Waals surface area contributed by atoms with Gasteiger partial charge in [0.2, 0.25) is 0 Å². The molecule has 0 bridgehead atoms. The highest BCUT2D eigenvalue weighted by atomic mass is 16.5. The summed E-state index contributed by atoms with van der Waals surface area (Å²) < 4.78 is 5.41. The van der Waals surface area contributed by atoms with Crippen LogP contribution in [0.5, 0.6) is 0 Å². The molecule has 0 saturated carbocycles. The van der Waals surface area contributed by atoms with E-state index in [1.807, 2.05) is 6.92 Å². The second kappa shape index (κ2) is 8.04. The zero-order valence-electron chi connectivity index (χ0n) is 11.2. The van der Waals surface area contributed by atoms with Gasteiger partial charge in [0.25, 0.3) is 0 Å². The maximum atomic E-state index is 5.41. The lowest BCUT2D eigenvalue weighted by Crippen LogP contribution is -2.45. The number of nitrogens with zero attached hydrogens (tertiary/aromatic N) is 1. The molecule has 96 valence electrons. The molecule has 1 saturated heterocycles. The SMILES string of the molecule is CCOCC(C)NC(C)CN1CCCCC1. The third-order valence-electron chi connectivity index (χ3n) is 3.12. The summed E-state index contributed by atoms with van der Waals surface area (Å²) in [6.45, 7) is 11.9. The molecule has 0 aromatic rings. The zero-order valence-corrected chi connectivity index (χ0v) is 11.2. The van der Waals surface area contributed by atoms with Gasteiger partial charge in [0.05, 0.1) is 6.61 Å². The van der Waals surface area contributed by atoms with Crippen LogP contribution in [-0.2, 0) is 4.74 Å². The molecule has 0 aromatic heterocycles. The van der Waals surface area contributed by atoms with Crippen LogP contribution in [0, 0.1) is 0 Å². The first kappa shape index (κ1) is 13.9. The lowest BCUT2D eigenvalue weighted by molar-refractivity contribution is 0.119. The Labute approximate surface area is 101 Å². The average molecular weight is 228 g/mol. The van der Waals surface area contributed by atoms with E-state index in [-0.39, 0.29) is 0 Å². The first-order chi connectivity index (χ1) is 7.72. The van der Waals surface area contributed by atoms with Crippen LogP contribution in [0.4, 0.5) is 0 Å². The molecule has 1 rings (SSSR count). The molecule has 3 nitrogen and oxygen atoms in total. The van der Waals surface area contributed by atoms with Crippen molar-refractivity contribution in [2.75, 3.05) is 32.8 Å². The van der Waals surface area contributed by atoms with E-state index in [0.717, 1.165) is 13.2 Å². The van der Waals surface area contributed by atoms with Crippen molar-refractivity contribution in [3.63, 3.8) is 0 Å². The van der Waals surface area contributed by atoms with Crippen LogP contribution in [0.2, 0.25) is 0 Å². The maximum absolute atomic E-state index is 5.41. The summed E-state index contributed by atoms with van der Waals surface area (Å²) in [5.41, 5.74) is 0. The van der Waals surface area contributed by atoms with Crippen LogP contribution in [0.25, 0.3) is 0 Å². The first-order valence-corrected chi connectivity index (χ1v) is 6.78. The van der Waals surface area contributed by atoms with Crippen molar-refractivity contribution in [3.8, 4) is 0 Å². The third kappa shape index (κ3) is 5.83. The van der Waals surface area contributed by atoms with Crippen LogP contribution in [0.15, 0.2) is 0 Å². The van der Waals surface area contributed by atoms with Crippen LogP contribution in [-0.4, -0.2) is 49.8 Å². The number of ether oxygens (including phenoxy) is 1. The van der Waals surface area contributed by atoms with Gasteiger partial charge in [0, 0.05) is 25.2 Å². The molecule has 1 aliphatic heterocycles. The molecule has 0 amide bonds.